The summed E-state index contributed by atoms with van der Waals surface area (Å²) in [7, 11) is -4.06. The van der Waals surface area contributed by atoms with Crippen LogP contribution in [0, 0.1) is 34.6 Å². The molecule has 0 aliphatic heterocycles. The summed E-state index contributed by atoms with van der Waals surface area (Å²) >= 11 is 6.30. The summed E-state index contributed by atoms with van der Waals surface area (Å²) in [6, 6.07) is 21.5. The molecule has 0 fully saturated rings. The van der Waals surface area contributed by atoms with Crippen LogP contribution >= 0.6 is 11.6 Å². The molecule has 1 N–H and O–H groups in total. The number of rotatable bonds is 8. The molecule has 7 nitrogen and oxygen atoms in total. The second-order valence-electron chi connectivity index (χ2n) is 9.55. The standard InChI is InChI=1S/C30H31ClN4O3S/c1-20-9-13-28(14-10-20)39(37,38)34(26-12-11-22(3)29(31)17-26)19-30(36)33-32-18-25-16-23(4)35(24(25)5)27-8-6-7-21(2)15-27/h6-18H,19H2,1-5H3,(H,33,36)/b32-18-. The Bertz CT molecular complexity index is 1660. The van der Waals surface area contributed by atoms with E-state index in [0.717, 1.165) is 43.6 Å². The number of hydrogen-bond donors (Lipinski definition) is 1. The number of halogens is 1. The quantitative estimate of drug-likeness (QED) is 0.210. The molecule has 9 heteroatoms. The van der Waals surface area contributed by atoms with E-state index in [2.05, 4.69) is 21.2 Å². The Morgan fingerprint density at radius 1 is 0.949 bits per heavy atom. The fourth-order valence-corrected chi connectivity index (χ4v) is 5.90. The average molecular weight is 563 g/mol. The maximum Gasteiger partial charge on any atom is 0.264 e. The highest BCUT2D eigenvalue weighted by molar-refractivity contribution is 7.92. The van der Waals surface area contributed by atoms with E-state index in [0.29, 0.717) is 5.02 Å². The maximum absolute atomic E-state index is 13.6. The maximum atomic E-state index is 13.6. The van der Waals surface area contributed by atoms with Crippen LogP contribution in [0.5, 0.6) is 0 Å². The van der Waals surface area contributed by atoms with Gasteiger partial charge in [-0.05, 0) is 88.2 Å². The molecule has 0 unspecified atom stereocenters. The first-order valence-electron chi connectivity index (χ1n) is 12.4. The van der Waals surface area contributed by atoms with Gasteiger partial charge < -0.3 is 4.57 Å². The molecule has 0 radical (unpaired) electrons. The number of aromatic nitrogens is 1. The molecule has 4 rings (SSSR count). The van der Waals surface area contributed by atoms with Crippen molar-refractivity contribution in [1.82, 2.24) is 9.99 Å². The van der Waals surface area contributed by atoms with Crippen LogP contribution in [0.3, 0.4) is 0 Å². The van der Waals surface area contributed by atoms with Gasteiger partial charge in [-0.3, -0.25) is 9.10 Å². The number of hydrazone groups is 1. The van der Waals surface area contributed by atoms with Crippen molar-refractivity contribution in [2.45, 2.75) is 39.5 Å². The van der Waals surface area contributed by atoms with E-state index in [-0.39, 0.29) is 10.6 Å². The predicted octanol–water partition coefficient (Wildman–Crippen LogP) is 6.02. The Balaban J connectivity index is 1.57. The zero-order valence-corrected chi connectivity index (χ0v) is 24.1. The first-order valence-corrected chi connectivity index (χ1v) is 14.2. The smallest absolute Gasteiger partial charge is 0.264 e. The molecule has 0 aliphatic carbocycles. The van der Waals surface area contributed by atoms with Crippen molar-refractivity contribution >= 4 is 39.4 Å². The van der Waals surface area contributed by atoms with Crippen molar-refractivity contribution in [3.05, 3.63) is 111 Å². The number of carbonyl (C=O) groups excluding carboxylic acids is 1. The highest BCUT2D eigenvalue weighted by Crippen LogP contribution is 2.28. The van der Waals surface area contributed by atoms with Crippen molar-refractivity contribution in [2.24, 2.45) is 5.10 Å². The Morgan fingerprint density at radius 3 is 2.33 bits per heavy atom. The van der Waals surface area contributed by atoms with Gasteiger partial charge >= 0.3 is 0 Å². The fraction of sp³-hybridized carbons (Fsp3) is 0.200. The number of anilines is 1. The van der Waals surface area contributed by atoms with Gasteiger partial charge in [-0.15, -0.1) is 0 Å². The number of sulfonamides is 1. The van der Waals surface area contributed by atoms with Gasteiger partial charge in [0.25, 0.3) is 15.9 Å². The molecule has 0 aliphatic rings. The van der Waals surface area contributed by atoms with Crippen LogP contribution in [-0.4, -0.2) is 31.7 Å². The number of nitrogens with zero attached hydrogens (tertiary/aromatic N) is 3. The minimum atomic E-state index is -4.06. The van der Waals surface area contributed by atoms with Gasteiger partial charge in [-0.2, -0.15) is 5.10 Å². The summed E-state index contributed by atoms with van der Waals surface area (Å²) in [5.74, 6) is -0.592. The van der Waals surface area contributed by atoms with Gasteiger partial charge in [0.05, 0.1) is 16.8 Å². The fourth-order valence-electron chi connectivity index (χ4n) is 4.31. The molecule has 0 bridgehead atoms. The molecular weight excluding hydrogens is 532 g/mol. The lowest BCUT2D eigenvalue weighted by Gasteiger charge is -2.24. The molecular formula is C30H31ClN4O3S. The van der Waals surface area contributed by atoms with Gasteiger partial charge in [0.2, 0.25) is 0 Å². The Hall–Kier alpha value is -3.88. The Kier molecular flexibility index (Phi) is 8.28. The lowest BCUT2D eigenvalue weighted by atomic mass is 10.2. The first-order chi connectivity index (χ1) is 18.5. The van der Waals surface area contributed by atoms with Gasteiger partial charge in [-0.1, -0.05) is 47.5 Å². The third kappa shape index (κ3) is 6.24. The number of carbonyl (C=O) groups is 1. The Labute approximate surface area is 234 Å². The summed E-state index contributed by atoms with van der Waals surface area (Å²) in [5.41, 5.74) is 9.51. The summed E-state index contributed by atoms with van der Waals surface area (Å²) in [6.45, 7) is 9.25. The van der Waals surface area contributed by atoms with Gasteiger partial charge in [0.15, 0.2) is 0 Å². The van der Waals surface area contributed by atoms with E-state index in [1.165, 1.54) is 12.1 Å². The molecule has 4 aromatic rings. The van der Waals surface area contributed by atoms with Gasteiger partial charge in [0, 0.05) is 27.7 Å². The van der Waals surface area contributed by atoms with E-state index in [9.17, 15) is 13.2 Å². The molecule has 0 spiro atoms. The monoisotopic (exact) mass is 562 g/mol. The Morgan fingerprint density at radius 2 is 1.67 bits per heavy atom. The van der Waals surface area contributed by atoms with Crippen LogP contribution < -0.4 is 9.73 Å². The van der Waals surface area contributed by atoms with E-state index in [1.807, 2.05) is 58.9 Å². The highest BCUT2D eigenvalue weighted by atomic mass is 35.5. The van der Waals surface area contributed by atoms with Crippen LogP contribution in [0.2, 0.25) is 5.02 Å². The van der Waals surface area contributed by atoms with E-state index in [1.54, 1.807) is 36.5 Å². The van der Waals surface area contributed by atoms with Crippen LogP contribution in [0.4, 0.5) is 5.69 Å². The third-order valence-electron chi connectivity index (χ3n) is 6.46. The van der Waals surface area contributed by atoms with E-state index >= 15 is 0 Å². The van der Waals surface area contributed by atoms with E-state index < -0.39 is 22.5 Å². The highest BCUT2D eigenvalue weighted by Gasteiger charge is 2.27. The van der Waals surface area contributed by atoms with Crippen LogP contribution in [0.1, 0.15) is 33.6 Å². The lowest BCUT2D eigenvalue weighted by molar-refractivity contribution is -0.119. The zero-order chi connectivity index (χ0) is 28.3. The molecule has 0 saturated heterocycles. The molecule has 202 valence electrons. The number of amides is 1. The topological polar surface area (TPSA) is 83.8 Å². The third-order valence-corrected chi connectivity index (χ3v) is 8.66. The lowest BCUT2D eigenvalue weighted by Crippen LogP contribution is -2.39. The molecule has 1 amide bonds. The van der Waals surface area contributed by atoms with Crippen LogP contribution in [0.15, 0.2) is 82.8 Å². The predicted molar refractivity (Wildman–Crippen MR) is 158 cm³/mol. The van der Waals surface area contributed by atoms with Gasteiger partial charge in [-0.25, -0.2) is 13.8 Å². The first kappa shape index (κ1) is 28.1. The van der Waals surface area contributed by atoms with Gasteiger partial charge in [0.1, 0.15) is 6.54 Å². The van der Waals surface area contributed by atoms with Crippen molar-refractivity contribution in [3.8, 4) is 5.69 Å². The van der Waals surface area contributed by atoms with E-state index in [4.69, 9.17) is 11.6 Å². The molecule has 0 atom stereocenters. The molecule has 0 saturated carbocycles. The number of benzene rings is 3. The minimum absolute atomic E-state index is 0.0738. The normalized spacial score (nSPS) is 11.6. The van der Waals surface area contributed by atoms with Crippen molar-refractivity contribution in [1.29, 1.82) is 0 Å². The molecule has 3 aromatic carbocycles. The van der Waals surface area contributed by atoms with Crippen molar-refractivity contribution in [2.75, 3.05) is 10.8 Å². The molecule has 1 aromatic heterocycles. The van der Waals surface area contributed by atoms with Crippen LogP contribution in [0.25, 0.3) is 5.69 Å². The SMILES string of the molecule is Cc1ccc(S(=O)(=O)N(CC(=O)N/N=C\c2cc(C)n(-c3cccc(C)c3)c2C)c2ccc(C)c(Cl)c2)cc1. The van der Waals surface area contributed by atoms with Crippen LogP contribution in [-0.2, 0) is 14.8 Å². The summed E-state index contributed by atoms with van der Waals surface area (Å²) < 4.78 is 30.3. The van der Waals surface area contributed by atoms with Crippen molar-refractivity contribution in [3.63, 3.8) is 0 Å². The summed E-state index contributed by atoms with van der Waals surface area (Å²) in [5, 5.41) is 4.53. The number of nitrogens with one attached hydrogen (secondary N) is 1. The van der Waals surface area contributed by atoms with Crippen molar-refractivity contribution < 1.29 is 13.2 Å². The second kappa shape index (κ2) is 11.5. The number of aryl methyl sites for hydroxylation is 4. The largest absolute Gasteiger partial charge is 0.318 e. The summed E-state index contributed by atoms with van der Waals surface area (Å²) in [4.78, 5) is 13.0. The number of hydrogen-bond acceptors (Lipinski definition) is 4. The molecule has 1 heterocycles. The second-order valence-corrected chi connectivity index (χ2v) is 11.8. The average Bonchev–Trinajstić information content (AvgIpc) is 3.17. The zero-order valence-electron chi connectivity index (χ0n) is 22.6. The molecule has 39 heavy (non-hydrogen) atoms. The minimum Gasteiger partial charge on any atom is -0.318 e. The summed E-state index contributed by atoms with van der Waals surface area (Å²) in [6.07, 6.45) is 1.56.